The van der Waals surface area contributed by atoms with Gasteiger partial charge in [0.15, 0.2) is 5.76 Å². The van der Waals surface area contributed by atoms with Gasteiger partial charge in [-0.1, -0.05) is 65.8 Å². The van der Waals surface area contributed by atoms with Crippen LogP contribution in [0, 0.1) is 6.92 Å². The molecule has 3 rings (SSSR count). The van der Waals surface area contributed by atoms with Crippen molar-refractivity contribution in [2.45, 2.75) is 19.4 Å². The van der Waals surface area contributed by atoms with Crippen molar-refractivity contribution in [1.82, 2.24) is 10.5 Å². The first-order valence-corrected chi connectivity index (χ1v) is 8.19. The van der Waals surface area contributed by atoms with Gasteiger partial charge in [0.2, 0.25) is 0 Å². The molecule has 128 valence electrons. The summed E-state index contributed by atoms with van der Waals surface area (Å²) in [6.07, 6.45) is -0.181. The number of aliphatic hydroxyl groups is 1. The van der Waals surface area contributed by atoms with E-state index in [1.165, 1.54) is 0 Å². The Hall–Kier alpha value is -2.92. The first-order valence-electron chi connectivity index (χ1n) is 8.19. The van der Waals surface area contributed by atoms with Gasteiger partial charge in [0, 0.05) is 12.1 Å². The molecule has 0 radical (unpaired) electrons. The highest BCUT2D eigenvalue weighted by atomic mass is 16.5. The third-order valence-electron chi connectivity index (χ3n) is 4.01. The number of nitrogens with one attached hydrogen (secondary N) is 1. The summed E-state index contributed by atoms with van der Waals surface area (Å²) in [7, 11) is 0. The van der Waals surface area contributed by atoms with Gasteiger partial charge in [0.25, 0.3) is 5.91 Å². The van der Waals surface area contributed by atoms with Crippen LogP contribution in [-0.4, -0.2) is 22.7 Å². The number of aromatic nitrogens is 1. The van der Waals surface area contributed by atoms with Crippen molar-refractivity contribution in [1.29, 1.82) is 0 Å². The lowest BCUT2D eigenvalue weighted by Gasteiger charge is -2.11. The molecule has 1 aromatic heterocycles. The summed E-state index contributed by atoms with van der Waals surface area (Å²) < 4.78 is 5.34. The van der Waals surface area contributed by atoms with Gasteiger partial charge in [0.05, 0.1) is 11.8 Å². The number of benzene rings is 2. The van der Waals surface area contributed by atoms with E-state index in [0.717, 1.165) is 11.1 Å². The van der Waals surface area contributed by atoms with Crippen LogP contribution in [0.5, 0.6) is 0 Å². The molecular weight excluding hydrogens is 316 g/mol. The largest absolute Gasteiger partial charge is 0.388 e. The second-order valence-corrected chi connectivity index (χ2v) is 5.81. The quantitative estimate of drug-likeness (QED) is 0.722. The molecule has 0 aliphatic carbocycles. The zero-order valence-corrected chi connectivity index (χ0v) is 14.0. The van der Waals surface area contributed by atoms with E-state index in [4.69, 9.17) is 4.52 Å². The molecule has 5 nitrogen and oxygen atoms in total. The summed E-state index contributed by atoms with van der Waals surface area (Å²) in [4.78, 5) is 12.5. The van der Waals surface area contributed by atoms with Crippen LogP contribution in [0.2, 0.25) is 0 Å². The number of nitrogens with zero attached hydrogens (tertiary/aromatic N) is 1. The normalized spacial score (nSPS) is 11.9. The number of hydrogen-bond donors (Lipinski definition) is 2. The first-order chi connectivity index (χ1) is 12.2. The number of carbonyl (C=O) groups is 1. The average molecular weight is 336 g/mol. The van der Waals surface area contributed by atoms with Gasteiger partial charge in [-0.2, -0.15) is 0 Å². The minimum atomic E-state index is -0.612. The fraction of sp³-hybridized carbons (Fsp3) is 0.200. The number of amides is 1. The molecule has 25 heavy (non-hydrogen) atoms. The summed E-state index contributed by atoms with van der Waals surface area (Å²) in [6, 6.07) is 18.8. The Balaban J connectivity index is 1.65. The third-order valence-corrected chi connectivity index (χ3v) is 4.01. The smallest absolute Gasteiger partial charge is 0.257 e. The average Bonchev–Trinajstić information content (AvgIpc) is 3.04. The van der Waals surface area contributed by atoms with E-state index in [2.05, 4.69) is 10.5 Å². The highest BCUT2D eigenvalue weighted by Gasteiger charge is 2.21. The van der Waals surface area contributed by atoms with E-state index in [0.29, 0.717) is 30.0 Å². The molecule has 0 unspecified atom stereocenters. The van der Waals surface area contributed by atoms with Crippen LogP contribution in [0.15, 0.2) is 65.2 Å². The molecule has 0 bridgehead atoms. The number of aliphatic hydroxyl groups excluding tert-OH is 1. The molecule has 2 N–H and O–H groups in total. The topological polar surface area (TPSA) is 75.4 Å². The molecule has 0 saturated heterocycles. The molecule has 5 heteroatoms. The molecule has 3 aromatic rings. The van der Waals surface area contributed by atoms with Crippen molar-refractivity contribution < 1.29 is 14.4 Å². The maximum absolute atomic E-state index is 12.5. The highest BCUT2D eigenvalue weighted by molar-refractivity contribution is 6.00. The van der Waals surface area contributed by atoms with Crippen LogP contribution in [-0.2, 0) is 0 Å². The number of aryl methyl sites for hydroxylation is 1. The molecule has 0 fully saturated rings. The Bertz CT molecular complexity index is 829. The van der Waals surface area contributed by atoms with E-state index in [1.54, 1.807) is 6.92 Å². The predicted octanol–water partition coefficient (Wildman–Crippen LogP) is 3.50. The van der Waals surface area contributed by atoms with Crippen LogP contribution >= 0.6 is 0 Å². The Morgan fingerprint density at radius 1 is 1.12 bits per heavy atom. The Labute approximate surface area is 146 Å². The minimum absolute atomic E-state index is 0.252. The highest BCUT2D eigenvalue weighted by Crippen LogP contribution is 2.26. The Kier molecular flexibility index (Phi) is 5.26. The van der Waals surface area contributed by atoms with Crippen molar-refractivity contribution in [3.63, 3.8) is 0 Å². The molecule has 1 amide bonds. The van der Waals surface area contributed by atoms with E-state index in [9.17, 15) is 9.90 Å². The lowest BCUT2D eigenvalue weighted by molar-refractivity contribution is 0.0942. The van der Waals surface area contributed by atoms with Gasteiger partial charge in [-0.25, -0.2) is 0 Å². The lowest BCUT2D eigenvalue weighted by Crippen LogP contribution is -2.26. The molecule has 1 atom stereocenters. The zero-order valence-electron chi connectivity index (χ0n) is 14.0. The SMILES string of the molecule is Cc1noc(-c2ccccc2)c1C(=O)NCC[C@@H](O)c1ccccc1. The second kappa shape index (κ2) is 7.77. The van der Waals surface area contributed by atoms with Crippen LogP contribution in [0.3, 0.4) is 0 Å². The van der Waals surface area contributed by atoms with Crippen molar-refractivity contribution in [3.8, 4) is 11.3 Å². The summed E-state index contributed by atoms with van der Waals surface area (Å²) in [5.74, 6) is 0.206. The fourth-order valence-electron chi connectivity index (χ4n) is 2.68. The molecule has 1 heterocycles. The maximum Gasteiger partial charge on any atom is 0.257 e. The number of carbonyl (C=O) groups excluding carboxylic acids is 1. The minimum Gasteiger partial charge on any atom is -0.388 e. The van der Waals surface area contributed by atoms with E-state index in [1.807, 2.05) is 60.7 Å². The van der Waals surface area contributed by atoms with E-state index in [-0.39, 0.29) is 5.91 Å². The molecule has 2 aromatic carbocycles. The van der Waals surface area contributed by atoms with Gasteiger partial charge in [0.1, 0.15) is 5.56 Å². The van der Waals surface area contributed by atoms with E-state index >= 15 is 0 Å². The van der Waals surface area contributed by atoms with Crippen LogP contribution in [0.1, 0.15) is 34.1 Å². The van der Waals surface area contributed by atoms with Crippen molar-refractivity contribution in [2.75, 3.05) is 6.54 Å². The summed E-state index contributed by atoms with van der Waals surface area (Å²) >= 11 is 0. The summed E-state index contributed by atoms with van der Waals surface area (Å²) in [5.41, 5.74) is 2.61. The molecule has 0 aliphatic heterocycles. The Morgan fingerprint density at radius 2 is 1.76 bits per heavy atom. The van der Waals surface area contributed by atoms with Crippen LogP contribution in [0.4, 0.5) is 0 Å². The first kappa shape index (κ1) is 16.9. The number of rotatable bonds is 6. The molecule has 0 aliphatic rings. The monoisotopic (exact) mass is 336 g/mol. The molecular formula is C20H20N2O3. The van der Waals surface area contributed by atoms with Crippen LogP contribution in [0.25, 0.3) is 11.3 Å². The standard InChI is InChI=1S/C20H20N2O3/c1-14-18(19(25-22-14)16-10-6-3-7-11-16)20(24)21-13-12-17(23)15-8-4-2-5-9-15/h2-11,17,23H,12-13H2,1H3,(H,21,24)/t17-/m1/s1. The van der Waals surface area contributed by atoms with Crippen molar-refractivity contribution in [2.24, 2.45) is 0 Å². The van der Waals surface area contributed by atoms with Crippen molar-refractivity contribution >= 4 is 5.91 Å². The Morgan fingerprint density at radius 3 is 2.44 bits per heavy atom. The van der Waals surface area contributed by atoms with Gasteiger partial charge in [-0.15, -0.1) is 0 Å². The van der Waals surface area contributed by atoms with Gasteiger partial charge >= 0.3 is 0 Å². The van der Waals surface area contributed by atoms with Crippen LogP contribution < -0.4 is 5.32 Å². The summed E-state index contributed by atoms with van der Waals surface area (Å²) in [5, 5.41) is 16.9. The molecule has 0 spiro atoms. The van der Waals surface area contributed by atoms with Gasteiger partial charge in [-0.05, 0) is 18.9 Å². The second-order valence-electron chi connectivity index (χ2n) is 5.81. The summed E-state index contributed by atoms with van der Waals surface area (Å²) in [6.45, 7) is 2.09. The molecule has 0 saturated carbocycles. The zero-order chi connectivity index (χ0) is 17.6. The lowest BCUT2D eigenvalue weighted by atomic mass is 10.1. The third kappa shape index (κ3) is 3.95. The predicted molar refractivity (Wildman–Crippen MR) is 95.0 cm³/mol. The number of hydrogen-bond acceptors (Lipinski definition) is 4. The fourth-order valence-corrected chi connectivity index (χ4v) is 2.68. The van der Waals surface area contributed by atoms with Gasteiger partial charge < -0.3 is 14.9 Å². The van der Waals surface area contributed by atoms with Gasteiger partial charge in [-0.3, -0.25) is 4.79 Å². The maximum atomic E-state index is 12.5. The van der Waals surface area contributed by atoms with E-state index < -0.39 is 6.10 Å². The van der Waals surface area contributed by atoms with Crippen molar-refractivity contribution in [3.05, 3.63) is 77.5 Å².